The van der Waals surface area contributed by atoms with E-state index < -0.39 is 0 Å². The molecule has 0 radical (unpaired) electrons. The third-order valence-electron chi connectivity index (χ3n) is 4.59. The van der Waals surface area contributed by atoms with Gasteiger partial charge in [-0.2, -0.15) is 0 Å². The zero-order chi connectivity index (χ0) is 19.6. The Bertz CT molecular complexity index is 1030. The summed E-state index contributed by atoms with van der Waals surface area (Å²) in [5.41, 5.74) is 1.33. The fraction of sp³-hybridized carbons (Fsp3) is 0.250. The van der Waals surface area contributed by atoms with E-state index in [1.165, 1.54) is 28.5 Å². The van der Waals surface area contributed by atoms with Crippen molar-refractivity contribution < 1.29 is 9.18 Å². The average molecular weight is 385 g/mol. The van der Waals surface area contributed by atoms with Crippen LogP contribution >= 0.6 is 11.8 Å². The minimum atomic E-state index is -0.307. The topological polar surface area (TPSA) is 55.2 Å². The number of rotatable bonds is 5. The van der Waals surface area contributed by atoms with Gasteiger partial charge in [0.15, 0.2) is 5.16 Å². The highest BCUT2D eigenvalue weighted by atomic mass is 32.2. The minimum absolute atomic E-state index is 0.0979. The molecule has 0 saturated heterocycles. The molecule has 7 heteroatoms. The highest BCUT2D eigenvalue weighted by molar-refractivity contribution is 7.99. The summed E-state index contributed by atoms with van der Waals surface area (Å²) in [6.07, 6.45) is 0. The second-order valence-corrected chi connectivity index (χ2v) is 7.24. The lowest BCUT2D eigenvalue weighted by atomic mass is 10.1. The van der Waals surface area contributed by atoms with E-state index in [-0.39, 0.29) is 29.1 Å². The first kappa shape index (κ1) is 19.1. The van der Waals surface area contributed by atoms with Crippen LogP contribution in [0.25, 0.3) is 10.9 Å². The Morgan fingerprint density at radius 2 is 1.89 bits per heavy atom. The van der Waals surface area contributed by atoms with Crippen molar-refractivity contribution in [2.24, 2.45) is 7.05 Å². The SMILES string of the molecule is CC(c1ccc(F)cc1)N(C)C(=O)CSc1nc2ccccc2c(=O)n1C. The molecule has 0 saturated carbocycles. The molecule has 3 rings (SSSR count). The molecule has 0 bridgehead atoms. The number of hydrogen-bond donors (Lipinski definition) is 0. The molecule has 27 heavy (non-hydrogen) atoms. The van der Waals surface area contributed by atoms with Crippen molar-refractivity contribution >= 4 is 28.6 Å². The maximum atomic E-state index is 13.1. The van der Waals surface area contributed by atoms with Crippen LogP contribution in [0.4, 0.5) is 4.39 Å². The Kier molecular flexibility index (Phi) is 5.60. The van der Waals surface area contributed by atoms with Crippen molar-refractivity contribution in [2.75, 3.05) is 12.8 Å². The summed E-state index contributed by atoms with van der Waals surface area (Å²) < 4.78 is 14.5. The minimum Gasteiger partial charge on any atom is -0.338 e. The van der Waals surface area contributed by atoms with Crippen molar-refractivity contribution in [3.8, 4) is 0 Å². The van der Waals surface area contributed by atoms with E-state index >= 15 is 0 Å². The van der Waals surface area contributed by atoms with Crippen LogP contribution in [0, 0.1) is 5.82 Å². The molecule has 1 atom stereocenters. The number of amides is 1. The molecule has 0 spiro atoms. The number of carbonyl (C=O) groups is 1. The Morgan fingerprint density at radius 3 is 2.59 bits per heavy atom. The van der Waals surface area contributed by atoms with Gasteiger partial charge in [-0.15, -0.1) is 0 Å². The Hall–Kier alpha value is -2.67. The van der Waals surface area contributed by atoms with E-state index in [9.17, 15) is 14.0 Å². The number of hydrogen-bond acceptors (Lipinski definition) is 4. The quantitative estimate of drug-likeness (QED) is 0.499. The van der Waals surface area contributed by atoms with Crippen LogP contribution in [0.3, 0.4) is 0 Å². The first-order chi connectivity index (χ1) is 12.9. The van der Waals surface area contributed by atoms with Crippen LogP contribution in [-0.4, -0.2) is 33.2 Å². The number of thioether (sulfide) groups is 1. The first-order valence-electron chi connectivity index (χ1n) is 8.48. The van der Waals surface area contributed by atoms with Gasteiger partial charge in [0.2, 0.25) is 5.91 Å². The van der Waals surface area contributed by atoms with Crippen molar-refractivity contribution in [3.63, 3.8) is 0 Å². The van der Waals surface area contributed by atoms with E-state index in [0.717, 1.165) is 5.56 Å². The number of para-hydroxylation sites is 1. The largest absolute Gasteiger partial charge is 0.338 e. The van der Waals surface area contributed by atoms with E-state index in [4.69, 9.17) is 0 Å². The zero-order valence-corrected chi connectivity index (χ0v) is 16.2. The standard InChI is InChI=1S/C20H20FN3O2S/c1-13(14-8-10-15(21)11-9-14)23(2)18(25)12-27-20-22-17-7-5-4-6-16(17)19(26)24(20)3/h4-11,13H,12H2,1-3H3. The third kappa shape index (κ3) is 4.03. The Morgan fingerprint density at radius 1 is 1.22 bits per heavy atom. The van der Waals surface area contributed by atoms with Crippen LogP contribution < -0.4 is 5.56 Å². The first-order valence-corrected chi connectivity index (χ1v) is 9.46. The van der Waals surface area contributed by atoms with Gasteiger partial charge in [-0.05, 0) is 36.8 Å². The van der Waals surface area contributed by atoms with Crippen LogP contribution in [-0.2, 0) is 11.8 Å². The summed E-state index contributed by atoms with van der Waals surface area (Å²) >= 11 is 1.23. The summed E-state index contributed by atoms with van der Waals surface area (Å²) in [6, 6.07) is 13.1. The fourth-order valence-corrected chi connectivity index (χ4v) is 3.63. The number of nitrogens with zero attached hydrogens (tertiary/aromatic N) is 3. The normalized spacial score (nSPS) is 12.1. The molecule has 1 aromatic heterocycles. The summed E-state index contributed by atoms with van der Waals surface area (Å²) in [4.78, 5) is 31.1. The van der Waals surface area contributed by atoms with E-state index in [1.54, 1.807) is 49.3 Å². The molecule has 5 nitrogen and oxygen atoms in total. The predicted molar refractivity (Wildman–Crippen MR) is 105 cm³/mol. The molecule has 0 N–H and O–H groups in total. The van der Waals surface area contributed by atoms with Crippen molar-refractivity contribution in [1.29, 1.82) is 0 Å². The monoisotopic (exact) mass is 385 g/mol. The van der Waals surface area contributed by atoms with Gasteiger partial charge >= 0.3 is 0 Å². The molecule has 0 aliphatic rings. The van der Waals surface area contributed by atoms with Crippen molar-refractivity contribution in [2.45, 2.75) is 18.1 Å². The number of halogens is 1. The lowest BCUT2D eigenvalue weighted by Gasteiger charge is -2.25. The van der Waals surface area contributed by atoms with Gasteiger partial charge in [-0.1, -0.05) is 36.0 Å². The van der Waals surface area contributed by atoms with Gasteiger partial charge in [0.1, 0.15) is 5.82 Å². The maximum absolute atomic E-state index is 13.1. The van der Waals surface area contributed by atoms with Gasteiger partial charge in [0.05, 0.1) is 22.7 Å². The van der Waals surface area contributed by atoms with Crippen LogP contribution in [0.2, 0.25) is 0 Å². The smallest absolute Gasteiger partial charge is 0.261 e. The second kappa shape index (κ2) is 7.92. The van der Waals surface area contributed by atoms with Gasteiger partial charge in [-0.3, -0.25) is 14.2 Å². The van der Waals surface area contributed by atoms with Gasteiger partial charge in [0, 0.05) is 14.1 Å². The van der Waals surface area contributed by atoms with Gasteiger partial charge < -0.3 is 4.90 Å². The molecule has 1 unspecified atom stereocenters. The Labute approximate surface area is 160 Å². The zero-order valence-electron chi connectivity index (χ0n) is 15.3. The molecule has 0 fully saturated rings. The lowest BCUT2D eigenvalue weighted by Crippen LogP contribution is -2.31. The van der Waals surface area contributed by atoms with Crippen LogP contribution in [0.15, 0.2) is 58.5 Å². The van der Waals surface area contributed by atoms with Crippen molar-refractivity contribution in [3.05, 3.63) is 70.3 Å². The predicted octanol–water partition coefficient (Wildman–Crippen LogP) is 3.38. The van der Waals surface area contributed by atoms with Crippen LogP contribution in [0.5, 0.6) is 0 Å². The molecule has 0 aliphatic carbocycles. The molecular weight excluding hydrogens is 365 g/mol. The lowest BCUT2D eigenvalue weighted by molar-refractivity contribution is -0.128. The number of fused-ring (bicyclic) bond motifs is 1. The Balaban J connectivity index is 1.73. The molecule has 3 aromatic rings. The average Bonchev–Trinajstić information content (AvgIpc) is 2.69. The van der Waals surface area contributed by atoms with Crippen LogP contribution in [0.1, 0.15) is 18.5 Å². The highest BCUT2D eigenvalue weighted by Gasteiger charge is 2.19. The summed E-state index contributed by atoms with van der Waals surface area (Å²) in [7, 11) is 3.36. The second-order valence-electron chi connectivity index (χ2n) is 6.30. The summed E-state index contributed by atoms with van der Waals surface area (Å²) in [5.74, 6) is -0.251. The molecule has 0 aliphatic heterocycles. The summed E-state index contributed by atoms with van der Waals surface area (Å²) in [5, 5.41) is 1.05. The van der Waals surface area contributed by atoms with Gasteiger partial charge in [-0.25, -0.2) is 9.37 Å². The molecule has 140 valence electrons. The van der Waals surface area contributed by atoms with E-state index in [2.05, 4.69) is 4.98 Å². The molecule has 1 heterocycles. The van der Waals surface area contributed by atoms with Gasteiger partial charge in [0.25, 0.3) is 5.56 Å². The van der Waals surface area contributed by atoms with Crippen molar-refractivity contribution in [1.82, 2.24) is 14.5 Å². The highest BCUT2D eigenvalue weighted by Crippen LogP contribution is 2.22. The third-order valence-corrected chi connectivity index (χ3v) is 5.61. The van der Waals surface area contributed by atoms with E-state index in [0.29, 0.717) is 16.1 Å². The molecule has 1 amide bonds. The number of carbonyl (C=O) groups excluding carboxylic acids is 1. The molecule has 2 aromatic carbocycles. The van der Waals surface area contributed by atoms with E-state index in [1.807, 2.05) is 13.0 Å². The fourth-order valence-electron chi connectivity index (χ4n) is 2.74. The summed E-state index contributed by atoms with van der Waals surface area (Å²) in [6.45, 7) is 1.89. The number of benzene rings is 2. The maximum Gasteiger partial charge on any atom is 0.261 e. The molecular formula is C20H20FN3O2S. The number of aromatic nitrogens is 2.